The summed E-state index contributed by atoms with van der Waals surface area (Å²) >= 11 is 0. The Kier molecular flexibility index (Phi) is 3.40. The van der Waals surface area contributed by atoms with Crippen LogP contribution in [0, 0.1) is 6.92 Å². The van der Waals surface area contributed by atoms with Crippen LogP contribution < -0.4 is 4.74 Å². The normalized spacial score (nSPS) is 19.5. The van der Waals surface area contributed by atoms with E-state index >= 15 is 0 Å². The molecule has 0 spiro atoms. The van der Waals surface area contributed by atoms with E-state index < -0.39 is 6.10 Å². The van der Waals surface area contributed by atoms with Gasteiger partial charge in [-0.25, -0.2) is 0 Å². The molecule has 1 N–H and O–H groups in total. The number of methoxy groups -OCH3 is 2. The predicted octanol–water partition coefficient (Wildman–Crippen LogP) is 2.61. The van der Waals surface area contributed by atoms with E-state index in [0.717, 1.165) is 36.1 Å². The summed E-state index contributed by atoms with van der Waals surface area (Å²) in [6.45, 7) is 1.99. The standard InChI is InChI=1S/C14H20O3/c1-10-9-11(16-2)5-6-12(10)13(15)14(17-3)7-4-8-14/h5-6,9,13,15H,4,7-8H2,1-3H3. The van der Waals surface area contributed by atoms with Crippen LogP contribution >= 0.6 is 0 Å². The van der Waals surface area contributed by atoms with Gasteiger partial charge in [0.2, 0.25) is 0 Å². The smallest absolute Gasteiger partial charge is 0.119 e. The number of aliphatic hydroxyl groups excluding tert-OH is 1. The molecule has 1 aliphatic carbocycles. The molecule has 1 unspecified atom stereocenters. The van der Waals surface area contributed by atoms with E-state index in [1.54, 1.807) is 14.2 Å². The van der Waals surface area contributed by atoms with Crippen LogP contribution in [0.4, 0.5) is 0 Å². The SMILES string of the molecule is COc1ccc(C(O)C2(OC)CCC2)c(C)c1. The van der Waals surface area contributed by atoms with Gasteiger partial charge >= 0.3 is 0 Å². The molecule has 2 rings (SSSR count). The van der Waals surface area contributed by atoms with Gasteiger partial charge in [-0.15, -0.1) is 0 Å². The zero-order valence-corrected chi connectivity index (χ0v) is 10.7. The lowest BCUT2D eigenvalue weighted by Crippen LogP contribution is -2.45. The number of aliphatic hydroxyl groups is 1. The number of aryl methyl sites for hydroxylation is 1. The summed E-state index contributed by atoms with van der Waals surface area (Å²) in [6, 6.07) is 5.76. The molecule has 3 nitrogen and oxygen atoms in total. The van der Waals surface area contributed by atoms with E-state index in [1.807, 2.05) is 25.1 Å². The monoisotopic (exact) mass is 236 g/mol. The molecule has 0 aromatic heterocycles. The largest absolute Gasteiger partial charge is 0.497 e. The van der Waals surface area contributed by atoms with E-state index in [4.69, 9.17) is 9.47 Å². The molecule has 1 fully saturated rings. The molecule has 0 saturated heterocycles. The Morgan fingerprint density at radius 1 is 1.29 bits per heavy atom. The zero-order chi connectivity index (χ0) is 12.5. The molecular weight excluding hydrogens is 216 g/mol. The van der Waals surface area contributed by atoms with Crippen molar-refractivity contribution >= 4 is 0 Å². The summed E-state index contributed by atoms with van der Waals surface area (Å²) in [6.07, 6.45) is 2.43. The van der Waals surface area contributed by atoms with Crippen LogP contribution in [0.5, 0.6) is 5.75 Å². The molecule has 0 radical (unpaired) electrons. The second kappa shape index (κ2) is 4.67. The van der Waals surface area contributed by atoms with Gasteiger partial charge in [-0.2, -0.15) is 0 Å². The van der Waals surface area contributed by atoms with Crippen molar-refractivity contribution < 1.29 is 14.6 Å². The van der Waals surface area contributed by atoms with E-state index in [0.29, 0.717) is 0 Å². The fourth-order valence-corrected chi connectivity index (χ4v) is 2.48. The van der Waals surface area contributed by atoms with Gasteiger partial charge in [0.1, 0.15) is 11.9 Å². The average Bonchev–Trinajstić information content (AvgIpc) is 2.28. The van der Waals surface area contributed by atoms with Gasteiger partial charge in [0.25, 0.3) is 0 Å². The summed E-state index contributed by atoms with van der Waals surface area (Å²) in [5, 5.41) is 10.5. The first-order chi connectivity index (χ1) is 8.13. The number of hydrogen-bond donors (Lipinski definition) is 1. The minimum atomic E-state index is -0.549. The highest BCUT2D eigenvalue weighted by molar-refractivity contribution is 5.37. The summed E-state index contributed by atoms with van der Waals surface area (Å²) < 4.78 is 10.7. The van der Waals surface area contributed by atoms with Crippen LogP contribution in [0.1, 0.15) is 36.5 Å². The summed E-state index contributed by atoms with van der Waals surface area (Å²) in [4.78, 5) is 0. The topological polar surface area (TPSA) is 38.7 Å². The van der Waals surface area contributed by atoms with Crippen LogP contribution in [-0.2, 0) is 4.74 Å². The molecule has 1 aromatic rings. The van der Waals surface area contributed by atoms with Crippen molar-refractivity contribution in [3.63, 3.8) is 0 Å². The van der Waals surface area contributed by atoms with Crippen LogP contribution in [0.25, 0.3) is 0 Å². The maximum atomic E-state index is 10.5. The zero-order valence-electron chi connectivity index (χ0n) is 10.7. The fourth-order valence-electron chi connectivity index (χ4n) is 2.48. The summed E-state index contributed by atoms with van der Waals surface area (Å²) in [5.41, 5.74) is 1.60. The van der Waals surface area contributed by atoms with E-state index in [1.165, 1.54) is 0 Å². The third kappa shape index (κ3) is 2.05. The van der Waals surface area contributed by atoms with Gasteiger partial charge < -0.3 is 14.6 Å². The number of hydrogen-bond acceptors (Lipinski definition) is 3. The van der Waals surface area contributed by atoms with Crippen LogP contribution in [0.2, 0.25) is 0 Å². The quantitative estimate of drug-likeness (QED) is 0.873. The molecule has 3 heteroatoms. The van der Waals surface area contributed by atoms with Gasteiger partial charge in [0.15, 0.2) is 0 Å². The lowest BCUT2D eigenvalue weighted by Gasteiger charge is -2.44. The van der Waals surface area contributed by atoms with Crippen molar-refractivity contribution in [2.75, 3.05) is 14.2 Å². The summed E-state index contributed by atoms with van der Waals surface area (Å²) in [5.74, 6) is 0.818. The fraction of sp³-hybridized carbons (Fsp3) is 0.571. The molecule has 94 valence electrons. The van der Waals surface area contributed by atoms with Crippen molar-refractivity contribution in [1.29, 1.82) is 0 Å². The van der Waals surface area contributed by atoms with Gasteiger partial charge in [0.05, 0.1) is 12.7 Å². The Morgan fingerprint density at radius 3 is 2.41 bits per heavy atom. The van der Waals surface area contributed by atoms with Crippen LogP contribution in [0.3, 0.4) is 0 Å². The average molecular weight is 236 g/mol. The van der Waals surface area contributed by atoms with E-state index in [-0.39, 0.29) is 5.60 Å². The first kappa shape index (κ1) is 12.4. The minimum Gasteiger partial charge on any atom is -0.497 e. The Labute approximate surface area is 102 Å². The molecule has 17 heavy (non-hydrogen) atoms. The van der Waals surface area contributed by atoms with E-state index in [9.17, 15) is 5.11 Å². The van der Waals surface area contributed by atoms with E-state index in [2.05, 4.69) is 0 Å². The molecule has 1 atom stereocenters. The second-order valence-electron chi connectivity index (χ2n) is 4.75. The Morgan fingerprint density at radius 2 is 2.00 bits per heavy atom. The Bertz CT molecular complexity index is 391. The molecule has 0 amide bonds. The van der Waals surface area contributed by atoms with Crippen molar-refractivity contribution in [3.8, 4) is 5.75 Å². The Balaban J connectivity index is 2.27. The highest BCUT2D eigenvalue weighted by Crippen LogP contribution is 2.45. The molecule has 1 aliphatic rings. The lowest BCUT2D eigenvalue weighted by molar-refractivity contribution is -0.152. The van der Waals surface area contributed by atoms with Crippen molar-refractivity contribution in [2.45, 2.75) is 37.9 Å². The van der Waals surface area contributed by atoms with Crippen LogP contribution in [-0.4, -0.2) is 24.9 Å². The highest BCUT2D eigenvalue weighted by Gasteiger charge is 2.44. The minimum absolute atomic E-state index is 0.376. The number of rotatable bonds is 4. The molecule has 1 aromatic carbocycles. The first-order valence-electron chi connectivity index (χ1n) is 6.01. The van der Waals surface area contributed by atoms with Crippen molar-refractivity contribution in [2.24, 2.45) is 0 Å². The molecule has 0 heterocycles. The van der Waals surface area contributed by atoms with Crippen LogP contribution in [0.15, 0.2) is 18.2 Å². The second-order valence-corrected chi connectivity index (χ2v) is 4.75. The van der Waals surface area contributed by atoms with Crippen molar-refractivity contribution in [3.05, 3.63) is 29.3 Å². The Hall–Kier alpha value is -1.06. The third-order valence-corrected chi connectivity index (χ3v) is 3.88. The molecule has 0 aliphatic heterocycles. The molecule has 1 saturated carbocycles. The number of ether oxygens (including phenoxy) is 2. The third-order valence-electron chi connectivity index (χ3n) is 3.88. The van der Waals surface area contributed by atoms with Gasteiger partial charge in [-0.05, 0) is 49.4 Å². The predicted molar refractivity (Wildman–Crippen MR) is 66.3 cm³/mol. The maximum Gasteiger partial charge on any atom is 0.119 e. The molecule has 0 bridgehead atoms. The summed E-state index contributed by atoms with van der Waals surface area (Å²) in [7, 11) is 3.33. The highest BCUT2D eigenvalue weighted by atomic mass is 16.5. The lowest BCUT2D eigenvalue weighted by atomic mass is 9.73. The first-order valence-corrected chi connectivity index (χ1v) is 6.01. The number of benzene rings is 1. The maximum absolute atomic E-state index is 10.5. The van der Waals surface area contributed by atoms with Gasteiger partial charge in [0, 0.05) is 7.11 Å². The molecular formula is C14H20O3. The van der Waals surface area contributed by atoms with Crippen molar-refractivity contribution in [1.82, 2.24) is 0 Å². The van der Waals surface area contributed by atoms with Gasteiger partial charge in [-0.3, -0.25) is 0 Å². The van der Waals surface area contributed by atoms with Gasteiger partial charge in [-0.1, -0.05) is 6.07 Å².